The van der Waals surface area contributed by atoms with Crippen molar-refractivity contribution < 1.29 is 26.3 Å². The van der Waals surface area contributed by atoms with E-state index in [-0.39, 0.29) is 3.57 Å². The van der Waals surface area contributed by atoms with E-state index in [4.69, 9.17) is 0 Å². The Morgan fingerprint density at radius 1 is 1.41 bits per heavy atom. The summed E-state index contributed by atoms with van der Waals surface area (Å²) in [5.41, 5.74) is -0.885. The third kappa shape index (κ3) is 3.85. The standard InChI is InChI=1S/C6H4F3IN2O4S/c7-6(8,9)16-3-1-2(10)4(13)12-5(3)17(11,14)15/h1H,(H,12,13)(H2,11,14,15). The fraction of sp³-hybridized carbons (Fsp3) is 0.167. The number of pyridine rings is 1. The van der Waals surface area contributed by atoms with Crippen LogP contribution in [0, 0.1) is 3.57 Å². The number of nitrogens with one attached hydrogen (secondary N) is 1. The van der Waals surface area contributed by atoms with E-state index in [1.165, 1.54) is 22.6 Å². The van der Waals surface area contributed by atoms with E-state index in [1.807, 2.05) is 0 Å². The number of H-pyrrole nitrogens is 1. The molecule has 0 radical (unpaired) electrons. The molecular formula is C6H4F3IN2O4S. The molecule has 1 aromatic heterocycles. The van der Waals surface area contributed by atoms with Gasteiger partial charge in [-0.25, -0.2) is 13.6 Å². The molecule has 96 valence electrons. The van der Waals surface area contributed by atoms with Gasteiger partial charge in [0.25, 0.3) is 15.6 Å². The third-order valence-corrected chi connectivity index (χ3v) is 3.11. The second kappa shape index (κ2) is 4.45. The fourth-order valence-electron chi connectivity index (χ4n) is 0.882. The zero-order valence-corrected chi connectivity index (χ0v) is 10.7. The first-order valence-corrected chi connectivity index (χ1v) is 6.34. The van der Waals surface area contributed by atoms with E-state index in [0.717, 1.165) is 0 Å². The number of sulfonamides is 1. The van der Waals surface area contributed by atoms with Crippen LogP contribution in [-0.2, 0) is 10.0 Å². The lowest BCUT2D eigenvalue weighted by molar-refractivity contribution is -0.275. The summed E-state index contributed by atoms with van der Waals surface area (Å²) >= 11 is 1.42. The van der Waals surface area contributed by atoms with Crippen LogP contribution in [0.3, 0.4) is 0 Å². The van der Waals surface area contributed by atoms with Crippen molar-refractivity contribution in [2.24, 2.45) is 5.14 Å². The lowest BCUT2D eigenvalue weighted by Crippen LogP contribution is -2.25. The van der Waals surface area contributed by atoms with Crippen molar-refractivity contribution in [3.8, 4) is 5.75 Å². The summed E-state index contributed by atoms with van der Waals surface area (Å²) in [5.74, 6) is -1.08. The molecule has 0 amide bonds. The number of hydrogen-bond donors (Lipinski definition) is 2. The molecule has 0 aromatic carbocycles. The van der Waals surface area contributed by atoms with Gasteiger partial charge in [-0.3, -0.25) is 4.79 Å². The van der Waals surface area contributed by atoms with Crippen LogP contribution in [0.5, 0.6) is 5.75 Å². The van der Waals surface area contributed by atoms with Crippen LogP contribution in [0.2, 0.25) is 0 Å². The highest BCUT2D eigenvalue weighted by molar-refractivity contribution is 14.1. The molecule has 3 N–H and O–H groups in total. The Labute approximate surface area is 106 Å². The Hall–Kier alpha value is -0.820. The summed E-state index contributed by atoms with van der Waals surface area (Å²) in [5, 5.41) is 3.52. The van der Waals surface area contributed by atoms with Crippen molar-refractivity contribution in [2.75, 3.05) is 0 Å². The van der Waals surface area contributed by atoms with E-state index in [2.05, 4.69) is 9.88 Å². The zero-order valence-electron chi connectivity index (χ0n) is 7.71. The molecule has 0 spiro atoms. The fourth-order valence-corrected chi connectivity index (χ4v) is 1.92. The molecule has 0 aliphatic rings. The third-order valence-electron chi connectivity index (χ3n) is 1.44. The van der Waals surface area contributed by atoms with Crippen molar-refractivity contribution in [1.82, 2.24) is 4.98 Å². The number of rotatable bonds is 2. The molecule has 1 rings (SSSR count). The number of aromatic nitrogens is 1. The molecule has 11 heteroatoms. The van der Waals surface area contributed by atoms with E-state index < -0.39 is 32.7 Å². The number of hydrogen-bond acceptors (Lipinski definition) is 4. The second-order valence-corrected chi connectivity index (χ2v) is 5.39. The van der Waals surface area contributed by atoms with Gasteiger partial charge in [-0.2, -0.15) is 0 Å². The maximum atomic E-state index is 12.0. The van der Waals surface area contributed by atoms with Gasteiger partial charge in [0.05, 0.1) is 3.57 Å². The van der Waals surface area contributed by atoms with Crippen LogP contribution in [0.25, 0.3) is 0 Å². The summed E-state index contributed by atoms with van der Waals surface area (Å²) < 4.78 is 61.2. The highest BCUT2D eigenvalue weighted by Crippen LogP contribution is 2.27. The molecule has 0 atom stereocenters. The highest BCUT2D eigenvalue weighted by atomic mass is 127. The summed E-state index contributed by atoms with van der Waals surface area (Å²) in [6, 6.07) is 0.632. The maximum Gasteiger partial charge on any atom is 0.573 e. The van der Waals surface area contributed by atoms with Crippen LogP contribution in [-0.4, -0.2) is 19.8 Å². The summed E-state index contributed by atoms with van der Waals surface area (Å²) in [6.45, 7) is 0. The molecule has 6 nitrogen and oxygen atoms in total. The molecule has 0 aliphatic carbocycles. The number of nitrogens with two attached hydrogens (primary N) is 1. The summed E-state index contributed by atoms with van der Waals surface area (Å²) in [6.07, 6.45) is -5.10. The minimum atomic E-state index is -5.10. The SMILES string of the molecule is NS(=O)(=O)c1[nH]c(=O)c(I)cc1OC(F)(F)F. The van der Waals surface area contributed by atoms with Crippen molar-refractivity contribution in [3.05, 3.63) is 20.0 Å². The normalized spacial score (nSPS) is 12.5. The molecule has 17 heavy (non-hydrogen) atoms. The maximum absolute atomic E-state index is 12.0. The van der Waals surface area contributed by atoms with Gasteiger partial charge in [0, 0.05) is 6.07 Å². The Balaban J connectivity index is 3.48. The molecule has 0 saturated heterocycles. The lowest BCUT2D eigenvalue weighted by atomic mass is 10.4. The van der Waals surface area contributed by atoms with E-state index in [9.17, 15) is 26.4 Å². The van der Waals surface area contributed by atoms with E-state index in [1.54, 1.807) is 4.98 Å². The Kier molecular flexibility index (Phi) is 3.73. The molecule has 0 saturated carbocycles. The van der Waals surface area contributed by atoms with Crippen LogP contribution >= 0.6 is 22.6 Å². The smallest absolute Gasteiger partial charge is 0.403 e. The van der Waals surface area contributed by atoms with E-state index >= 15 is 0 Å². The van der Waals surface area contributed by atoms with Crippen LogP contribution in [0.1, 0.15) is 0 Å². The van der Waals surface area contributed by atoms with Crippen LogP contribution in [0.15, 0.2) is 15.9 Å². The monoisotopic (exact) mass is 384 g/mol. The zero-order chi connectivity index (χ0) is 13.4. The Bertz CT molecular complexity index is 594. The lowest BCUT2D eigenvalue weighted by Gasteiger charge is -2.11. The second-order valence-electron chi connectivity index (χ2n) is 2.73. The highest BCUT2D eigenvalue weighted by Gasteiger charge is 2.34. The summed E-state index contributed by atoms with van der Waals surface area (Å²) in [7, 11) is -4.53. The predicted molar refractivity (Wildman–Crippen MR) is 57.8 cm³/mol. The Morgan fingerprint density at radius 3 is 2.35 bits per heavy atom. The average molecular weight is 384 g/mol. The number of ether oxygens (including phenoxy) is 1. The van der Waals surface area contributed by atoms with Crippen LogP contribution < -0.4 is 15.4 Å². The van der Waals surface area contributed by atoms with Crippen molar-refractivity contribution in [2.45, 2.75) is 11.4 Å². The van der Waals surface area contributed by atoms with Crippen molar-refractivity contribution in [1.29, 1.82) is 0 Å². The van der Waals surface area contributed by atoms with Gasteiger partial charge in [0.1, 0.15) is 0 Å². The first-order chi connectivity index (χ1) is 7.50. The first-order valence-electron chi connectivity index (χ1n) is 3.72. The van der Waals surface area contributed by atoms with Gasteiger partial charge in [-0.05, 0) is 22.6 Å². The number of alkyl halides is 3. The number of aromatic amines is 1. The van der Waals surface area contributed by atoms with Gasteiger partial charge in [0.15, 0.2) is 10.8 Å². The van der Waals surface area contributed by atoms with Gasteiger partial charge in [-0.15, -0.1) is 13.2 Å². The van der Waals surface area contributed by atoms with Crippen molar-refractivity contribution in [3.63, 3.8) is 0 Å². The molecule has 1 heterocycles. The van der Waals surface area contributed by atoms with Crippen molar-refractivity contribution >= 4 is 32.6 Å². The van der Waals surface area contributed by atoms with Gasteiger partial charge in [-0.1, -0.05) is 0 Å². The molecule has 0 unspecified atom stereocenters. The number of primary sulfonamides is 1. The minimum Gasteiger partial charge on any atom is -0.403 e. The molecule has 0 aliphatic heterocycles. The van der Waals surface area contributed by atoms with Gasteiger partial charge in [0.2, 0.25) is 0 Å². The quantitative estimate of drug-likeness (QED) is 0.727. The first kappa shape index (κ1) is 14.2. The number of halogens is 4. The molecular weight excluding hydrogens is 380 g/mol. The molecule has 1 aromatic rings. The average Bonchev–Trinajstić information content (AvgIpc) is 2.06. The minimum absolute atomic E-state index is 0.172. The predicted octanol–water partition coefficient (Wildman–Crippen LogP) is 0.526. The van der Waals surface area contributed by atoms with Gasteiger partial charge < -0.3 is 9.72 Å². The molecule has 0 fully saturated rings. The topological polar surface area (TPSA) is 102 Å². The van der Waals surface area contributed by atoms with E-state index in [0.29, 0.717) is 6.07 Å². The summed E-state index contributed by atoms with van der Waals surface area (Å²) in [4.78, 5) is 12.8. The molecule has 0 bridgehead atoms. The van der Waals surface area contributed by atoms with Gasteiger partial charge >= 0.3 is 6.36 Å². The largest absolute Gasteiger partial charge is 0.573 e. The van der Waals surface area contributed by atoms with Crippen LogP contribution in [0.4, 0.5) is 13.2 Å². The Morgan fingerprint density at radius 2 is 1.94 bits per heavy atom.